The third-order valence-electron chi connectivity index (χ3n) is 5.41. The van der Waals surface area contributed by atoms with Gasteiger partial charge in [-0.25, -0.2) is 9.97 Å². The van der Waals surface area contributed by atoms with Crippen molar-refractivity contribution in [3.63, 3.8) is 0 Å². The number of carbonyl (C=O) groups excluding carboxylic acids is 1. The van der Waals surface area contributed by atoms with E-state index in [0.717, 1.165) is 75.4 Å². The lowest BCUT2D eigenvalue weighted by Crippen LogP contribution is -2.44. The summed E-state index contributed by atoms with van der Waals surface area (Å²) < 4.78 is 0. The number of aromatic nitrogens is 3. The van der Waals surface area contributed by atoms with E-state index in [2.05, 4.69) is 36.7 Å². The fourth-order valence-corrected chi connectivity index (χ4v) is 4.09. The number of piperidine rings is 1. The van der Waals surface area contributed by atoms with E-state index in [1.807, 2.05) is 12.3 Å². The molecule has 7 nitrogen and oxygen atoms in total. The predicted octanol–water partition coefficient (Wildman–Crippen LogP) is 1.34. The van der Waals surface area contributed by atoms with Gasteiger partial charge in [0.2, 0.25) is 5.91 Å². The zero-order chi connectivity index (χ0) is 17.2. The molecule has 1 N–H and O–H groups in total. The molecule has 2 aromatic heterocycles. The SMILES string of the molecule is CN1CCCC(C(=O)N2CCCN(c3ncnc4[nH]ccc34)CC2)C1. The number of nitrogens with one attached hydrogen (secondary N) is 1. The molecular formula is C18H26N6O. The molecule has 0 aromatic carbocycles. The summed E-state index contributed by atoms with van der Waals surface area (Å²) in [4.78, 5) is 31.5. The van der Waals surface area contributed by atoms with Crippen molar-refractivity contribution < 1.29 is 4.79 Å². The molecule has 0 saturated carbocycles. The number of carbonyl (C=O) groups is 1. The van der Waals surface area contributed by atoms with Crippen LogP contribution in [0.15, 0.2) is 18.6 Å². The smallest absolute Gasteiger partial charge is 0.227 e. The highest BCUT2D eigenvalue weighted by Crippen LogP contribution is 2.24. The second-order valence-corrected chi connectivity index (χ2v) is 7.20. The molecule has 7 heteroatoms. The first-order valence-electron chi connectivity index (χ1n) is 9.23. The van der Waals surface area contributed by atoms with Crippen LogP contribution in [0, 0.1) is 5.92 Å². The molecule has 134 valence electrons. The number of aromatic amines is 1. The van der Waals surface area contributed by atoms with E-state index in [1.165, 1.54) is 0 Å². The lowest BCUT2D eigenvalue weighted by molar-refractivity contribution is -0.136. The highest BCUT2D eigenvalue weighted by Gasteiger charge is 2.29. The Kier molecular flexibility index (Phi) is 4.57. The minimum Gasteiger partial charge on any atom is -0.354 e. The first kappa shape index (κ1) is 16.3. The molecule has 1 atom stereocenters. The summed E-state index contributed by atoms with van der Waals surface area (Å²) >= 11 is 0. The quantitative estimate of drug-likeness (QED) is 0.892. The number of anilines is 1. The van der Waals surface area contributed by atoms with Gasteiger partial charge in [-0.1, -0.05) is 0 Å². The van der Waals surface area contributed by atoms with E-state index in [-0.39, 0.29) is 5.92 Å². The van der Waals surface area contributed by atoms with Gasteiger partial charge in [0.15, 0.2) is 0 Å². The normalized spacial score (nSPS) is 23.0. The first-order valence-corrected chi connectivity index (χ1v) is 9.23. The van der Waals surface area contributed by atoms with Gasteiger partial charge in [0.25, 0.3) is 0 Å². The van der Waals surface area contributed by atoms with Crippen LogP contribution in [0.3, 0.4) is 0 Å². The molecular weight excluding hydrogens is 316 g/mol. The Labute approximate surface area is 148 Å². The summed E-state index contributed by atoms with van der Waals surface area (Å²) in [6, 6.07) is 2.02. The van der Waals surface area contributed by atoms with Crippen LogP contribution < -0.4 is 4.90 Å². The van der Waals surface area contributed by atoms with Gasteiger partial charge in [-0.2, -0.15) is 0 Å². The van der Waals surface area contributed by atoms with Crippen molar-refractivity contribution in [2.24, 2.45) is 5.92 Å². The standard InChI is InChI=1S/C18H26N6O/c1-22-7-2-4-14(12-22)18(25)24-9-3-8-23(10-11-24)17-15-5-6-19-16(15)20-13-21-17/h5-6,13-14H,2-4,7-12H2,1H3,(H,19,20,21). The molecule has 0 aliphatic carbocycles. The van der Waals surface area contributed by atoms with E-state index < -0.39 is 0 Å². The number of nitrogens with zero attached hydrogens (tertiary/aromatic N) is 5. The highest BCUT2D eigenvalue weighted by atomic mass is 16.2. The van der Waals surface area contributed by atoms with E-state index in [9.17, 15) is 4.79 Å². The zero-order valence-electron chi connectivity index (χ0n) is 14.8. The average molecular weight is 342 g/mol. The molecule has 1 amide bonds. The zero-order valence-corrected chi connectivity index (χ0v) is 14.8. The van der Waals surface area contributed by atoms with Crippen molar-refractivity contribution in [3.05, 3.63) is 18.6 Å². The molecule has 1 unspecified atom stereocenters. The van der Waals surface area contributed by atoms with Crippen LogP contribution in [0.1, 0.15) is 19.3 Å². The summed E-state index contributed by atoms with van der Waals surface area (Å²) in [5.74, 6) is 1.47. The molecule has 0 spiro atoms. The number of H-pyrrole nitrogens is 1. The number of amides is 1. The number of hydrogen-bond acceptors (Lipinski definition) is 5. The Morgan fingerprint density at radius 3 is 2.96 bits per heavy atom. The summed E-state index contributed by atoms with van der Waals surface area (Å²) in [5, 5.41) is 1.05. The van der Waals surface area contributed by atoms with Crippen LogP contribution >= 0.6 is 0 Å². The van der Waals surface area contributed by atoms with E-state index in [1.54, 1.807) is 6.33 Å². The molecule has 4 heterocycles. The second kappa shape index (κ2) is 7.00. The van der Waals surface area contributed by atoms with Crippen molar-refractivity contribution in [2.45, 2.75) is 19.3 Å². The Morgan fingerprint density at radius 2 is 2.08 bits per heavy atom. The maximum Gasteiger partial charge on any atom is 0.227 e. The van der Waals surface area contributed by atoms with Gasteiger partial charge in [-0.3, -0.25) is 4.79 Å². The lowest BCUT2D eigenvalue weighted by Gasteiger charge is -2.32. The first-order chi connectivity index (χ1) is 12.2. The van der Waals surface area contributed by atoms with Crippen LogP contribution in [0.4, 0.5) is 5.82 Å². The Balaban J connectivity index is 1.45. The van der Waals surface area contributed by atoms with Crippen molar-refractivity contribution in [2.75, 3.05) is 51.2 Å². The van der Waals surface area contributed by atoms with E-state index in [4.69, 9.17) is 0 Å². The fraction of sp³-hybridized carbons (Fsp3) is 0.611. The molecule has 2 aliphatic heterocycles. The summed E-state index contributed by atoms with van der Waals surface area (Å²) in [6.07, 6.45) is 6.64. The van der Waals surface area contributed by atoms with Gasteiger partial charge in [0, 0.05) is 38.9 Å². The molecule has 2 aromatic rings. The predicted molar refractivity (Wildman–Crippen MR) is 97.5 cm³/mol. The molecule has 2 saturated heterocycles. The van der Waals surface area contributed by atoms with Crippen LogP contribution in [-0.4, -0.2) is 77.0 Å². The fourth-order valence-electron chi connectivity index (χ4n) is 4.09. The van der Waals surface area contributed by atoms with Crippen LogP contribution in [0.2, 0.25) is 0 Å². The van der Waals surface area contributed by atoms with E-state index in [0.29, 0.717) is 5.91 Å². The molecule has 4 rings (SSSR count). The second-order valence-electron chi connectivity index (χ2n) is 7.20. The molecule has 2 aliphatic rings. The number of hydrogen-bond donors (Lipinski definition) is 1. The topological polar surface area (TPSA) is 68.4 Å². The monoisotopic (exact) mass is 342 g/mol. The van der Waals surface area contributed by atoms with Crippen LogP contribution in [0.25, 0.3) is 11.0 Å². The van der Waals surface area contributed by atoms with Gasteiger partial charge in [0.1, 0.15) is 17.8 Å². The van der Waals surface area contributed by atoms with Crippen molar-refractivity contribution in [1.29, 1.82) is 0 Å². The maximum atomic E-state index is 12.9. The van der Waals surface area contributed by atoms with Crippen molar-refractivity contribution in [1.82, 2.24) is 24.8 Å². The van der Waals surface area contributed by atoms with Crippen LogP contribution in [-0.2, 0) is 4.79 Å². The molecule has 0 radical (unpaired) electrons. The minimum absolute atomic E-state index is 0.167. The maximum absolute atomic E-state index is 12.9. The van der Waals surface area contributed by atoms with Gasteiger partial charge < -0.3 is 19.7 Å². The summed E-state index contributed by atoms with van der Waals surface area (Å²) in [5.41, 5.74) is 0.868. The van der Waals surface area contributed by atoms with Gasteiger partial charge in [0.05, 0.1) is 11.3 Å². The number of rotatable bonds is 2. The summed E-state index contributed by atoms with van der Waals surface area (Å²) in [6.45, 7) is 5.37. The number of fused-ring (bicyclic) bond motifs is 1. The Morgan fingerprint density at radius 1 is 1.16 bits per heavy atom. The largest absolute Gasteiger partial charge is 0.354 e. The van der Waals surface area contributed by atoms with Crippen LogP contribution in [0.5, 0.6) is 0 Å². The number of likely N-dealkylation sites (tertiary alicyclic amines) is 1. The third kappa shape index (κ3) is 3.33. The van der Waals surface area contributed by atoms with Gasteiger partial charge >= 0.3 is 0 Å². The molecule has 2 fully saturated rings. The van der Waals surface area contributed by atoms with Gasteiger partial charge in [-0.05, 0) is 38.9 Å². The third-order valence-corrected chi connectivity index (χ3v) is 5.41. The minimum atomic E-state index is 0.167. The molecule has 25 heavy (non-hydrogen) atoms. The Bertz CT molecular complexity index is 744. The highest BCUT2D eigenvalue weighted by molar-refractivity contribution is 5.87. The summed E-state index contributed by atoms with van der Waals surface area (Å²) in [7, 11) is 2.11. The Hall–Kier alpha value is -2.15. The van der Waals surface area contributed by atoms with Crippen molar-refractivity contribution >= 4 is 22.8 Å². The van der Waals surface area contributed by atoms with Crippen molar-refractivity contribution in [3.8, 4) is 0 Å². The van der Waals surface area contributed by atoms with Gasteiger partial charge in [-0.15, -0.1) is 0 Å². The lowest BCUT2D eigenvalue weighted by atomic mass is 9.97. The molecule has 0 bridgehead atoms. The van der Waals surface area contributed by atoms with E-state index >= 15 is 0 Å². The average Bonchev–Trinajstić information content (AvgIpc) is 2.98.